The van der Waals surface area contributed by atoms with Gasteiger partial charge in [-0.1, -0.05) is 26.0 Å². The molecule has 0 radical (unpaired) electrons. The molecule has 0 fully saturated rings. The summed E-state index contributed by atoms with van der Waals surface area (Å²) < 4.78 is 41.8. The molecule has 3 rings (SSSR count). The molecule has 2 aromatic carbocycles. The summed E-state index contributed by atoms with van der Waals surface area (Å²) in [4.78, 5) is 12.8. The summed E-state index contributed by atoms with van der Waals surface area (Å²) in [7, 11) is -3.98. The quantitative estimate of drug-likeness (QED) is 0.803. The summed E-state index contributed by atoms with van der Waals surface area (Å²) in [5, 5.41) is 2.87. The summed E-state index contributed by atoms with van der Waals surface area (Å²) in [5.74, 6) is -0.746. The Morgan fingerprint density at radius 3 is 2.70 bits per heavy atom. The predicted molar refractivity (Wildman–Crippen MR) is 106 cm³/mol. The molecule has 1 aliphatic heterocycles. The van der Waals surface area contributed by atoms with Gasteiger partial charge in [-0.25, -0.2) is 12.8 Å². The van der Waals surface area contributed by atoms with E-state index in [9.17, 15) is 17.6 Å². The van der Waals surface area contributed by atoms with Gasteiger partial charge in [-0.3, -0.25) is 9.10 Å². The molecule has 27 heavy (non-hydrogen) atoms. The first kappa shape index (κ1) is 19.7. The number of hydrogen-bond acceptors (Lipinski definition) is 4. The fourth-order valence-electron chi connectivity index (χ4n) is 2.95. The molecule has 1 N–H and O–H groups in total. The van der Waals surface area contributed by atoms with Gasteiger partial charge in [0.1, 0.15) is 5.82 Å². The number of thioether (sulfide) groups is 1. The van der Waals surface area contributed by atoms with Crippen molar-refractivity contribution in [2.24, 2.45) is 0 Å². The van der Waals surface area contributed by atoms with E-state index in [2.05, 4.69) is 5.32 Å². The van der Waals surface area contributed by atoms with Crippen LogP contribution in [-0.2, 0) is 14.8 Å². The third-order valence-electron chi connectivity index (χ3n) is 4.16. The van der Waals surface area contributed by atoms with E-state index in [0.717, 1.165) is 9.20 Å². The van der Waals surface area contributed by atoms with Crippen molar-refractivity contribution in [2.75, 3.05) is 16.2 Å². The minimum Gasteiger partial charge on any atom is -0.325 e. The third kappa shape index (κ3) is 4.11. The fraction of sp³-hybridized carbons (Fsp3) is 0.316. The van der Waals surface area contributed by atoms with E-state index < -0.39 is 15.8 Å². The van der Waals surface area contributed by atoms with E-state index in [-0.39, 0.29) is 28.3 Å². The van der Waals surface area contributed by atoms with Gasteiger partial charge >= 0.3 is 0 Å². The number of amides is 1. The first-order chi connectivity index (χ1) is 12.8. The van der Waals surface area contributed by atoms with E-state index >= 15 is 0 Å². The zero-order valence-corrected chi connectivity index (χ0v) is 16.7. The number of fused-ring (bicyclic) bond motifs is 1. The van der Waals surface area contributed by atoms with Gasteiger partial charge in [0.15, 0.2) is 0 Å². The zero-order chi connectivity index (χ0) is 19.6. The van der Waals surface area contributed by atoms with Crippen LogP contribution in [0, 0.1) is 5.82 Å². The number of benzene rings is 2. The lowest BCUT2D eigenvalue weighted by Gasteiger charge is -2.25. The van der Waals surface area contributed by atoms with Gasteiger partial charge < -0.3 is 5.32 Å². The molecule has 0 aromatic heterocycles. The number of carbonyl (C=O) groups is 1. The smallest absolute Gasteiger partial charge is 0.264 e. The summed E-state index contributed by atoms with van der Waals surface area (Å²) in [6.07, 6.45) is 0.890. The Labute approximate surface area is 163 Å². The van der Waals surface area contributed by atoms with E-state index in [1.54, 1.807) is 12.1 Å². The van der Waals surface area contributed by atoms with Crippen molar-refractivity contribution in [2.45, 2.75) is 41.7 Å². The molecule has 0 bridgehead atoms. The van der Waals surface area contributed by atoms with E-state index in [1.807, 2.05) is 13.8 Å². The molecule has 5 nitrogen and oxygen atoms in total. The Morgan fingerprint density at radius 1 is 1.26 bits per heavy atom. The molecule has 0 saturated carbocycles. The van der Waals surface area contributed by atoms with Crippen molar-refractivity contribution in [3.05, 3.63) is 48.3 Å². The lowest BCUT2D eigenvalue weighted by molar-refractivity contribution is -0.116. The van der Waals surface area contributed by atoms with Gasteiger partial charge in [-0.2, -0.15) is 0 Å². The molecule has 1 atom stereocenters. The van der Waals surface area contributed by atoms with Gasteiger partial charge in [0.25, 0.3) is 10.0 Å². The topological polar surface area (TPSA) is 66.5 Å². The Morgan fingerprint density at radius 2 is 2.00 bits per heavy atom. The molecule has 0 aliphatic carbocycles. The highest BCUT2D eigenvalue weighted by molar-refractivity contribution is 8.00. The van der Waals surface area contributed by atoms with Gasteiger partial charge in [0, 0.05) is 23.1 Å². The number of hydrogen-bond donors (Lipinski definition) is 1. The molecule has 144 valence electrons. The molecule has 8 heteroatoms. The number of para-hydroxylation sites is 1. The average molecular weight is 409 g/mol. The zero-order valence-electron chi connectivity index (χ0n) is 15.1. The number of rotatable bonds is 5. The Balaban J connectivity index is 2.05. The maximum Gasteiger partial charge on any atom is 0.264 e. The van der Waals surface area contributed by atoms with Gasteiger partial charge in [-0.15, -0.1) is 11.8 Å². The molecule has 0 spiro atoms. The van der Waals surface area contributed by atoms with Crippen molar-refractivity contribution in [1.82, 2.24) is 0 Å². The van der Waals surface area contributed by atoms with Crippen molar-refractivity contribution in [3.8, 4) is 0 Å². The molecule has 1 amide bonds. The number of sulfonamides is 1. The van der Waals surface area contributed by atoms with Crippen LogP contribution in [0.2, 0.25) is 0 Å². The Bertz CT molecular complexity index is 963. The first-order valence-electron chi connectivity index (χ1n) is 8.70. The molecule has 0 saturated heterocycles. The van der Waals surface area contributed by atoms with Gasteiger partial charge in [0.2, 0.25) is 5.91 Å². The second-order valence-electron chi connectivity index (χ2n) is 6.37. The average Bonchev–Trinajstić information content (AvgIpc) is 2.75. The first-order valence-corrected chi connectivity index (χ1v) is 11.0. The second-order valence-corrected chi connectivity index (χ2v) is 9.71. The molecular weight excluding hydrogens is 387 g/mol. The van der Waals surface area contributed by atoms with Crippen LogP contribution in [0.4, 0.5) is 15.8 Å². The number of halogens is 1. The highest BCUT2D eigenvalue weighted by Gasteiger charge is 2.28. The highest BCUT2D eigenvalue weighted by Crippen LogP contribution is 2.37. The normalized spacial score (nSPS) is 17.0. The summed E-state index contributed by atoms with van der Waals surface area (Å²) in [6.45, 7) is 3.93. The largest absolute Gasteiger partial charge is 0.325 e. The molecule has 2 aromatic rings. The second kappa shape index (κ2) is 7.90. The molecule has 1 heterocycles. The lowest BCUT2D eigenvalue weighted by atomic mass is 10.3. The van der Waals surface area contributed by atoms with Crippen molar-refractivity contribution in [1.29, 1.82) is 0 Å². The standard InChI is InChI=1S/C19H21FN2O3S2/c1-3-10-22(17-7-5-4-6-15(17)20)27(24,25)14-8-9-18-16(12-14)21-19(23)11-13(2)26-18/h4-9,12-13H,3,10-11H2,1-2H3,(H,21,23)/t13-/m1/s1. The molecule has 0 unspecified atom stereocenters. The van der Waals surface area contributed by atoms with Crippen LogP contribution < -0.4 is 9.62 Å². The van der Waals surface area contributed by atoms with Crippen LogP contribution in [0.5, 0.6) is 0 Å². The third-order valence-corrected chi connectivity index (χ3v) is 7.15. The van der Waals surface area contributed by atoms with E-state index in [0.29, 0.717) is 18.5 Å². The fourth-order valence-corrected chi connectivity index (χ4v) is 5.59. The molecule has 1 aliphatic rings. The van der Waals surface area contributed by atoms with Crippen LogP contribution in [-0.4, -0.2) is 26.1 Å². The van der Waals surface area contributed by atoms with Crippen LogP contribution in [0.3, 0.4) is 0 Å². The Kier molecular flexibility index (Phi) is 5.76. The SMILES string of the molecule is CCCN(c1ccccc1F)S(=O)(=O)c1ccc2c(c1)NC(=O)C[C@@H](C)S2. The number of anilines is 2. The summed E-state index contributed by atoms with van der Waals surface area (Å²) in [5.41, 5.74) is 0.488. The van der Waals surface area contributed by atoms with Crippen LogP contribution in [0.15, 0.2) is 52.3 Å². The van der Waals surface area contributed by atoms with Crippen molar-refractivity contribution < 1.29 is 17.6 Å². The lowest BCUT2D eigenvalue weighted by Crippen LogP contribution is -2.32. The minimum atomic E-state index is -3.98. The minimum absolute atomic E-state index is 0.0151. The number of carbonyl (C=O) groups excluding carboxylic acids is 1. The maximum absolute atomic E-state index is 14.3. The van der Waals surface area contributed by atoms with E-state index in [1.165, 1.54) is 42.1 Å². The van der Waals surface area contributed by atoms with Crippen LogP contribution in [0.1, 0.15) is 26.7 Å². The van der Waals surface area contributed by atoms with Gasteiger partial charge in [0.05, 0.1) is 16.3 Å². The van der Waals surface area contributed by atoms with E-state index in [4.69, 9.17) is 0 Å². The monoisotopic (exact) mass is 408 g/mol. The van der Waals surface area contributed by atoms with Crippen LogP contribution >= 0.6 is 11.8 Å². The summed E-state index contributed by atoms with van der Waals surface area (Å²) >= 11 is 1.52. The predicted octanol–water partition coefficient (Wildman–Crippen LogP) is 4.25. The van der Waals surface area contributed by atoms with Gasteiger partial charge in [-0.05, 0) is 36.8 Å². The number of nitrogens with one attached hydrogen (secondary N) is 1. The van der Waals surface area contributed by atoms with Crippen molar-refractivity contribution in [3.63, 3.8) is 0 Å². The Hall–Kier alpha value is -2.06. The highest BCUT2D eigenvalue weighted by atomic mass is 32.2. The maximum atomic E-state index is 14.3. The summed E-state index contributed by atoms with van der Waals surface area (Å²) in [6, 6.07) is 10.5. The molecular formula is C19H21FN2O3S2. The number of nitrogens with zero attached hydrogens (tertiary/aromatic N) is 1. The van der Waals surface area contributed by atoms with Crippen molar-refractivity contribution >= 4 is 39.1 Å². The van der Waals surface area contributed by atoms with Crippen LogP contribution in [0.25, 0.3) is 0 Å².